The average molecular weight is 344 g/mol. The van der Waals surface area contributed by atoms with Gasteiger partial charge in [-0.3, -0.25) is 9.59 Å². The van der Waals surface area contributed by atoms with Crippen LogP contribution in [-0.2, 0) is 24.5 Å². The summed E-state index contributed by atoms with van der Waals surface area (Å²) in [7, 11) is 0. The van der Waals surface area contributed by atoms with E-state index in [0.29, 0.717) is 15.7 Å². The zero-order valence-corrected chi connectivity index (χ0v) is 13.3. The van der Waals surface area contributed by atoms with Crippen LogP contribution in [0.4, 0.5) is 5.69 Å². The van der Waals surface area contributed by atoms with Gasteiger partial charge >= 0.3 is 11.9 Å². The third-order valence-electron chi connectivity index (χ3n) is 2.90. The summed E-state index contributed by atoms with van der Waals surface area (Å²) in [6.45, 7) is 5.21. The van der Waals surface area contributed by atoms with Gasteiger partial charge < -0.3 is 15.2 Å². The van der Waals surface area contributed by atoms with Crippen molar-refractivity contribution in [3.63, 3.8) is 0 Å². The molecule has 0 aromatic heterocycles. The highest BCUT2D eigenvalue weighted by Gasteiger charge is 2.47. The van der Waals surface area contributed by atoms with Crippen molar-refractivity contribution in [1.29, 1.82) is 0 Å². The van der Waals surface area contributed by atoms with E-state index >= 15 is 0 Å². The summed E-state index contributed by atoms with van der Waals surface area (Å²) in [5.41, 5.74) is 5.13. The van der Waals surface area contributed by atoms with Gasteiger partial charge in [0.25, 0.3) is 0 Å². The predicted molar refractivity (Wildman–Crippen MR) is 79.2 cm³/mol. The second-order valence-electron chi connectivity index (χ2n) is 4.31. The fraction of sp³-hybridized carbons (Fsp3) is 0.429. The van der Waals surface area contributed by atoms with Crippen molar-refractivity contribution in [2.75, 3.05) is 18.9 Å². The molecule has 0 aliphatic heterocycles. The Morgan fingerprint density at radius 2 is 1.70 bits per heavy atom. The van der Waals surface area contributed by atoms with Crippen LogP contribution in [0.2, 0.25) is 0 Å². The number of ether oxygens (including phenoxy) is 2. The van der Waals surface area contributed by atoms with E-state index in [0.717, 1.165) is 0 Å². The lowest BCUT2D eigenvalue weighted by Crippen LogP contribution is -2.43. The minimum atomic E-state index is -1.53. The van der Waals surface area contributed by atoms with Crippen LogP contribution in [0.15, 0.2) is 22.7 Å². The fourth-order valence-corrected chi connectivity index (χ4v) is 2.58. The molecule has 1 aromatic carbocycles. The largest absolute Gasteiger partial charge is 0.465 e. The van der Waals surface area contributed by atoms with Gasteiger partial charge in [0.15, 0.2) is 5.41 Å². The topological polar surface area (TPSA) is 78.6 Å². The van der Waals surface area contributed by atoms with E-state index in [1.54, 1.807) is 32.0 Å². The lowest BCUT2D eigenvalue weighted by molar-refractivity contribution is -0.163. The van der Waals surface area contributed by atoms with Gasteiger partial charge in [0.1, 0.15) is 0 Å². The normalized spacial score (nSPS) is 11.0. The van der Waals surface area contributed by atoms with Crippen molar-refractivity contribution >= 4 is 33.6 Å². The SMILES string of the molecule is CCOC(=O)C(C)(C(=O)OCC)c1ccc(N)cc1Br. The Morgan fingerprint density at radius 3 is 2.10 bits per heavy atom. The fourth-order valence-electron chi connectivity index (χ4n) is 1.79. The number of carbonyl (C=O) groups is 2. The highest BCUT2D eigenvalue weighted by atomic mass is 79.9. The first-order chi connectivity index (χ1) is 9.37. The minimum Gasteiger partial charge on any atom is -0.465 e. The number of nitrogen functional groups attached to an aromatic ring is 1. The van der Waals surface area contributed by atoms with Crippen molar-refractivity contribution < 1.29 is 19.1 Å². The van der Waals surface area contributed by atoms with Crippen molar-refractivity contribution in [1.82, 2.24) is 0 Å². The molecular weight excluding hydrogens is 326 g/mol. The summed E-state index contributed by atoms with van der Waals surface area (Å²) in [6.07, 6.45) is 0. The molecule has 0 unspecified atom stereocenters. The standard InChI is InChI=1S/C14H18BrNO4/c1-4-19-12(17)14(3,13(18)20-5-2)10-7-6-9(16)8-11(10)15/h6-8H,4-5,16H2,1-3H3. The van der Waals surface area contributed by atoms with Crippen molar-refractivity contribution in [2.24, 2.45) is 0 Å². The Balaban J connectivity index is 3.36. The Kier molecular flexibility index (Phi) is 5.56. The molecule has 0 aliphatic carbocycles. The maximum atomic E-state index is 12.2. The molecule has 2 N–H and O–H groups in total. The third-order valence-corrected chi connectivity index (χ3v) is 3.56. The summed E-state index contributed by atoms with van der Waals surface area (Å²) in [5.74, 6) is -1.30. The molecule has 0 aliphatic rings. The Morgan fingerprint density at radius 1 is 1.20 bits per heavy atom. The minimum absolute atomic E-state index is 0.181. The van der Waals surface area contributed by atoms with Crippen LogP contribution in [-0.4, -0.2) is 25.2 Å². The second-order valence-corrected chi connectivity index (χ2v) is 5.16. The monoisotopic (exact) mass is 343 g/mol. The molecule has 1 aromatic rings. The number of rotatable bonds is 5. The van der Waals surface area contributed by atoms with Crippen LogP contribution in [0.25, 0.3) is 0 Å². The van der Waals surface area contributed by atoms with E-state index in [2.05, 4.69) is 15.9 Å². The molecule has 1 rings (SSSR count). The number of hydrogen-bond acceptors (Lipinski definition) is 5. The van der Waals surface area contributed by atoms with E-state index in [9.17, 15) is 9.59 Å². The van der Waals surface area contributed by atoms with Crippen molar-refractivity contribution in [3.8, 4) is 0 Å². The van der Waals surface area contributed by atoms with Gasteiger partial charge in [-0.2, -0.15) is 0 Å². The van der Waals surface area contributed by atoms with E-state index in [-0.39, 0.29) is 13.2 Å². The van der Waals surface area contributed by atoms with Gasteiger partial charge in [-0.25, -0.2) is 0 Å². The molecule has 0 bridgehead atoms. The Bertz CT molecular complexity index is 498. The van der Waals surface area contributed by atoms with E-state index < -0.39 is 17.4 Å². The van der Waals surface area contributed by atoms with E-state index in [1.165, 1.54) is 6.92 Å². The second kappa shape index (κ2) is 6.74. The molecule has 0 amide bonds. The lowest BCUT2D eigenvalue weighted by Gasteiger charge is -2.26. The molecule has 110 valence electrons. The van der Waals surface area contributed by atoms with Crippen molar-refractivity contribution in [2.45, 2.75) is 26.2 Å². The van der Waals surface area contributed by atoms with Gasteiger partial charge in [0, 0.05) is 10.2 Å². The maximum absolute atomic E-state index is 12.2. The third kappa shape index (κ3) is 3.12. The van der Waals surface area contributed by atoms with E-state index in [4.69, 9.17) is 15.2 Å². The molecule has 0 atom stereocenters. The lowest BCUT2D eigenvalue weighted by atomic mass is 9.82. The number of carbonyl (C=O) groups excluding carboxylic acids is 2. The van der Waals surface area contributed by atoms with E-state index in [1.807, 2.05) is 0 Å². The molecule has 0 spiro atoms. The van der Waals surface area contributed by atoms with Crippen molar-refractivity contribution in [3.05, 3.63) is 28.2 Å². The number of nitrogens with two attached hydrogens (primary N) is 1. The number of esters is 2. The van der Waals surface area contributed by atoms with Crippen LogP contribution < -0.4 is 5.73 Å². The maximum Gasteiger partial charge on any atom is 0.327 e. The Labute approximate surface area is 126 Å². The summed E-state index contributed by atoms with van der Waals surface area (Å²) in [4.78, 5) is 24.5. The average Bonchev–Trinajstić information content (AvgIpc) is 2.38. The molecule has 0 radical (unpaired) electrons. The first-order valence-electron chi connectivity index (χ1n) is 6.27. The van der Waals surface area contributed by atoms with Gasteiger partial charge in [0.2, 0.25) is 0 Å². The smallest absolute Gasteiger partial charge is 0.327 e. The quantitative estimate of drug-likeness (QED) is 0.504. The predicted octanol–water partition coefficient (Wildman–Crippen LogP) is 2.42. The molecule has 5 nitrogen and oxygen atoms in total. The van der Waals surface area contributed by atoms with Crippen LogP contribution in [0.5, 0.6) is 0 Å². The van der Waals surface area contributed by atoms with Crippen LogP contribution >= 0.6 is 15.9 Å². The highest BCUT2D eigenvalue weighted by molar-refractivity contribution is 9.10. The summed E-state index contributed by atoms with van der Waals surface area (Å²) in [5, 5.41) is 0. The number of benzene rings is 1. The summed E-state index contributed by atoms with van der Waals surface area (Å²) in [6, 6.07) is 4.87. The summed E-state index contributed by atoms with van der Waals surface area (Å²) < 4.78 is 10.6. The molecule has 0 heterocycles. The van der Waals surface area contributed by atoms with Gasteiger partial charge in [-0.05, 0) is 38.5 Å². The first-order valence-corrected chi connectivity index (χ1v) is 7.07. The number of halogens is 1. The first kappa shape index (κ1) is 16.5. The van der Waals surface area contributed by atoms with Crippen LogP contribution in [0.1, 0.15) is 26.3 Å². The van der Waals surface area contributed by atoms with Crippen LogP contribution in [0.3, 0.4) is 0 Å². The number of anilines is 1. The van der Waals surface area contributed by atoms with Gasteiger partial charge in [0.05, 0.1) is 13.2 Å². The number of hydrogen-bond donors (Lipinski definition) is 1. The molecule has 0 fully saturated rings. The highest BCUT2D eigenvalue weighted by Crippen LogP contribution is 2.34. The molecule has 6 heteroatoms. The summed E-state index contributed by atoms with van der Waals surface area (Å²) >= 11 is 3.33. The van der Waals surface area contributed by atoms with Gasteiger partial charge in [-0.1, -0.05) is 22.0 Å². The molecule has 0 saturated heterocycles. The molecular formula is C14H18BrNO4. The Hall–Kier alpha value is -1.56. The van der Waals surface area contributed by atoms with Gasteiger partial charge in [-0.15, -0.1) is 0 Å². The van der Waals surface area contributed by atoms with Crippen LogP contribution in [0, 0.1) is 0 Å². The zero-order chi connectivity index (χ0) is 15.3. The zero-order valence-electron chi connectivity index (χ0n) is 11.7. The molecule has 0 saturated carbocycles. The molecule has 20 heavy (non-hydrogen) atoms.